The number of hydrogen-bond donors (Lipinski definition) is 2. The van der Waals surface area contributed by atoms with E-state index in [1.165, 1.54) is 11.8 Å². The van der Waals surface area contributed by atoms with Crippen molar-refractivity contribution >= 4 is 23.4 Å². The summed E-state index contributed by atoms with van der Waals surface area (Å²) in [7, 11) is 1.61. The Balaban J connectivity index is 1.54. The molecule has 0 spiro atoms. The van der Waals surface area contributed by atoms with Crippen LogP contribution in [-0.2, 0) is 11.3 Å². The number of nitrogens with one attached hydrogen (secondary N) is 2. The highest BCUT2D eigenvalue weighted by Gasteiger charge is 2.14. The van der Waals surface area contributed by atoms with Crippen LogP contribution in [0.1, 0.15) is 12.5 Å². The molecule has 29 heavy (non-hydrogen) atoms. The molecule has 2 N–H and O–H groups in total. The predicted molar refractivity (Wildman–Crippen MR) is 115 cm³/mol. The minimum Gasteiger partial charge on any atom is -0.497 e. The zero-order valence-electron chi connectivity index (χ0n) is 16.4. The smallest absolute Gasteiger partial charge is 0.248 e. The third-order valence-electron chi connectivity index (χ3n) is 4.19. The van der Waals surface area contributed by atoms with Crippen LogP contribution in [0.15, 0.2) is 66.3 Å². The molecule has 0 bridgehead atoms. The molecule has 1 amide bonds. The molecule has 8 heteroatoms. The van der Waals surface area contributed by atoms with Crippen molar-refractivity contribution in [1.82, 2.24) is 25.6 Å². The van der Waals surface area contributed by atoms with Crippen molar-refractivity contribution in [3.05, 3.63) is 66.7 Å². The van der Waals surface area contributed by atoms with Crippen molar-refractivity contribution in [2.45, 2.75) is 18.6 Å². The molecular weight excluding hydrogens is 386 g/mol. The van der Waals surface area contributed by atoms with Crippen LogP contribution in [0.4, 0.5) is 0 Å². The molecular formula is C21H23N5O2S. The lowest BCUT2D eigenvalue weighted by molar-refractivity contribution is -0.119. The van der Waals surface area contributed by atoms with Crippen LogP contribution in [0, 0.1) is 0 Å². The van der Waals surface area contributed by atoms with Gasteiger partial charge in [-0.25, -0.2) is 0 Å². The van der Waals surface area contributed by atoms with E-state index in [2.05, 4.69) is 27.6 Å². The SMILES string of the molecule is C=C(NNC(=O)CSc1nnc(-c2ccccc2)n1CC)c1ccc(OC)cc1. The normalized spacial score (nSPS) is 10.4. The van der Waals surface area contributed by atoms with Crippen LogP contribution >= 0.6 is 11.8 Å². The molecule has 1 heterocycles. The zero-order chi connectivity index (χ0) is 20.6. The number of carbonyl (C=O) groups excluding carboxylic acids is 1. The molecule has 0 aliphatic carbocycles. The van der Waals surface area contributed by atoms with Crippen LogP contribution in [0.25, 0.3) is 17.1 Å². The van der Waals surface area contributed by atoms with Crippen LogP contribution in [0.3, 0.4) is 0 Å². The Bertz CT molecular complexity index is 970. The van der Waals surface area contributed by atoms with Gasteiger partial charge in [-0.1, -0.05) is 48.7 Å². The molecule has 0 aliphatic heterocycles. The largest absolute Gasteiger partial charge is 0.497 e. The number of thioether (sulfide) groups is 1. The lowest BCUT2D eigenvalue weighted by Gasteiger charge is -2.12. The topological polar surface area (TPSA) is 81.1 Å². The van der Waals surface area contributed by atoms with Crippen LogP contribution < -0.4 is 15.6 Å². The first-order valence-corrected chi connectivity index (χ1v) is 10.1. The Hall–Kier alpha value is -3.26. The van der Waals surface area contributed by atoms with Crippen molar-refractivity contribution in [1.29, 1.82) is 0 Å². The van der Waals surface area contributed by atoms with Gasteiger partial charge in [0, 0.05) is 12.1 Å². The van der Waals surface area contributed by atoms with Crippen molar-refractivity contribution in [2.75, 3.05) is 12.9 Å². The summed E-state index contributed by atoms with van der Waals surface area (Å²) < 4.78 is 7.13. The number of ether oxygens (including phenoxy) is 1. The number of hydrazine groups is 1. The molecule has 3 aromatic rings. The van der Waals surface area contributed by atoms with E-state index in [0.29, 0.717) is 17.4 Å². The van der Waals surface area contributed by atoms with E-state index in [9.17, 15) is 4.79 Å². The second kappa shape index (κ2) is 9.79. The van der Waals surface area contributed by atoms with Crippen LogP contribution in [0.5, 0.6) is 5.75 Å². The van der Waals surface area contributed by atoms with Gasteiger partial charge in [-0.15, -0.1) is 10.2 Å². The maximum Gasteiger partial charge on any atom is 0.248 e. The minimum absolute atomic E-state index is 0.184. The van der Waals surface area contributed by atoms with Gasteiger partial charge in [0.25, 0.3) is 0 Å². The maximum absolute atomic E-state index is 12.2. The molecule has 0 unspecified atom stereocenters. The molecule has 3 rings (SSSR count). The first-order chi connectivity index (χ1) is 14.1. The van der Waals surface area contributed by atoms with E-state index in [4.69, 9.17) is 4.74 Å². The number of amides is 1. The highest BCUT2D eigenvalue weighted by Crippen LogP contribution is 2.23. The summed E-state index contributed by atoms with van der Waals surface area (Å²) >= 11 is 1.34. The lowest BCUT2D eigenvalue weighted by atomic mass is 10.2. The van der Waals surface area contributed by atoms with Gasteiger partial charge in [-0.2, -0.15) is 0 Å². The van der Waals surface area contributed by atoms with E-state index < -0.39 is 0 Å². The standard InChI is InChI=1S/C21H23N5O2S/c1-4-26-20(17-8-6-5-7-9-17)24-25-21(26)29-14-19(27)23-22-15(2)16-10-12-18(28-3)13-11-16/h5-13,22H,2,4,14H2,1,3H3,(H,23,27). The van der Waals surface area contributed by atoms with Crippen molar-refractivity contribution < 1.29 is 9.53 Å². The molecule has 0 saturated carbocycles. The fraction of sp³-hybridized carbons (Fsp3) is 0.190. The van der Waals surface area contributed by atoms with Gasteiger partial charge in [-0.05, 0) is 36.8 Å². The highest BCUT2D eigenvalue weighted by atomic mass is 32.2. The number of methoxy groups -OCH3 is 1. The monoisotopic (exact) mass is 409 g/mol. The molecule has 0 saturated heterocycles. The van der Waals surface area contributed by atoms with Crippen molar-refractivity contribution in [2.24, 2.45) is 0 Å². The average Bonchev–Trinajstić information content (AvgIpc) is 3.19. The first kappa shape index (κ1) is 20.5. The molecule has 0 fully saturated rings. The number of nitrogens with zero attached hydrogens (tertiary/aromatic N) is 3. The van der Waals surface area contributed by atoms with Crippen molar-refractivity contribution in [3.63, 3.8) is 0 Å². The van der Waals surface area contributed by atoms with Gasteiger partial charge in [-0.3, -0.25) is 15.6 Å². The number of rotatable bonds is 9. The Morgan fingerprint density at radius 3 is 2.48 bits per heavy atom. The second-order valence-electron chi connectivity index (χ2n) is 6.09. The van der Waals surface area contributed by atoms with Gasteiger partial charge in [0.05, 0.1) is 18.6 Å². The Morgan fingerprint density at radius 2 is 1.83 bits per heavy atom. The van der Waals surface area contributed by atoms with Gasteiger partial charge in [0.15, 0.2) is 11.0 Å². The van der Waals surface area contributed by atoms with Crippen LogP contribution in [0.2, 0.25) is 0 Å². The summed E-state index contributed by atoms with van der Waals surface area (Å²) in [6.07, 6.45) is 0. The highest BCUT2D eigenvalue weighted by molar-refractivity contribution is 7.99. The summed E-state index contributed by atoms with van der Waals surface area (Å²) in [6.45, 7) is 6.68. The van der Waals surface area contributed by atoms with Crippen LogP contribution in [-0.4, -0.2) is 33.5 Å². The fourth-order valence-corrected chi connectivity index (χ4v) is 3.46. The Labute approximate surface area is 174 Å². The fourth-order valence-electron chi connectivity index (χ4n) is 2.66. The summed E-state index contributed by atoms with van der Waals surface area (Å²) in [5, 5.41) is 9.23. The van der Waals surface area contributed by atoms with Gasteiger partial charge in [0.1, 0.15) is 5.75 Å². The number of carbonyl (C=O) groups is 1. The number of aromatic nitrogens is 3. The maximum atomic E-state index is 12.2. The molecule has 0 radical (unpaired) electrons. The molecule has 7 nitrogen and oxygen atoms in total. The van der Waals surface area contributed by atoms with E-state index in [-0.39, 0.29) is 11.7 Å². The Kier molecular flexibility index (Phi) is 6.91. The lowest BCUT2D eigenvalue weighted by Crippen LogP contribution is -2.37. The molecule has 2 aromatic carbocycles. The second-order valence-corrected chi connectivity index (χ2v) is 7.03. The van der Waals surface area contributed by atoms with Gasteiger partial charge >= 0.3 is 0 Å². The predicted octanol–water partition coefficient (Wildman–Crippen LogP) is 3.36. The molecule has 0 atom stereocenters. The molecule has 0 aliphatic rings. The third-order valence-corrected chi connectivity index (χ3v) is 5.16. The van der Waals surface area contributed by atoms with E-state index in [1.807, 2.05) is 66.1 Å². The van der Waals surface area contributed by atoms with E-state index in [0.717, 1.165) is 22.7 Å². The van der Waals surface area contributed by atoms with Crippen molar-refractivity contribution in [3.8, 4) is 17.1 Å². The van der Waals surface area contributed by atoms with Gasteiger partial charge in [0.2, 0.25) is 5.91 Å². The van der Waals surface area contributed by atoms with E-state index in [1.54, 1.807) is 7.11 Å². The summed E-state index contributed by atoms with van der Waals surface area (Å²) in [5.41, 5.74) is 7.94. The summed E-state index contributed by atoms with van der Waals surface area (Å²) in [6, 6.07) is 17.3. The molecule has 150 valence electrons. The average molecular weight is 410 g/mol. The Morgan fingerprint density at radius 1 is 1.10 bits per heavy atom. The van der Waals surface area contributed by atoms with Gasteiger partial charge < -0.3 is 9.30 Å². The third kappa shape index (κ3) is 5.17. The quantitative estimate of drug-likeness (QED) is 0.417. The summed E-state index contributed by atoms with van der Waals surface area (Å²) in [4.78, 5) is 12.2. The minimum atomic E-state index is -0.184. The first-order valence-electron chi connectivity index (χ1n) is 9.12. The molecule has 1 aromatic heterocycles. The summed E-state index contributed by atoms with van der Waals surface area (Å²) in [5.74, 6) is 1.58. The number of benzene rings is 2. The van der Waals surface area contributed by atoms with E-state index >= 15 is 0 Å². The number of hydrogen-bond acceptors (Lipinski definition) is 6. The zero-order valence-corrected chi connectivity index (χ0v) is 17.2.